The lowest BCUT2D eigenvalue weighted by Crippen LogP contribution is -2.10. The zero-order chi connectivity index (χ0) is 20.3. The average molecular weight is 394 g/mol. The van der Waals surface area contributed by atoms with Crippen molar-refractivity contribution in [2.24, 2.45) is 4.99 Å². The predicted octanol–water partition coefficient (Wildman–Crippen LogP) is 4.86. The van der Waals surface area contributed by atoms with Crippen molar-refractivity contribution in [1.82, 2.24) is 0 Å². The van der Waals surface area contributed by atoms with Crippen LogP contribution in [0.3, 0.4) is 0 Å². The highest BCUT2D eigenvalue weighted by atomic mass is 32.2. The molecule has 0 aromatic heterocycles. The van der Waals surface area contributed by atoms with E-state index >= 15 is 0 Å². The normalized spacial score (nSPS) is 16.7. The molecule has 28 heavy (non-hydrogen) atoms. The van der Waals surface area contributed by atoms with Crippen LogP contribution < -0.4 is 4.90 Å². The molecule has 1 aliphatic rings. The molecule has 6 heteroatoms. The quantitative estimate of drug-likeness (QED) is 0.750. The monoisotopic (exact) mass is 394 g/mol. The maximum absolute atomic E-state index is 12.3. The maximum atomic E-state index is 12.3. The first kappa shape index (κ1) is 19.8. The molecule has 1 N–H and O–H groups in total. The number of aliphatic hydroxyl groups excluding tert-OH is 1. The second kappa shape index (κ2) is 8.35. The first-order valence-corrected chi connectivity index (χ1v) is 9.56. The number of nitrogens with zero attached hydrogens (tertiary/aromatic N) is 2. The maximum Gasteiger partial charge on any atom is 0.344 e. The molecular formula is C22H22N2O3S. The molecule has 2 aromatic rings. The van der Waals surface area contributed by atoms with Crippen LogP contribution in [0.4, 0.5) is 11.4 Å². The van der Waals surface area contributed by atoms with Crippen molar-refractivity contribution in [3.63, 3.8) is 0 Å². The van der Waals surface area contributed by atoms with Crippen LogP contribution in [0.2, 0.25) is 0 Å². The van der Waals surface area contributed by atoms with E-state index in [1.807, 2.05) is 80.5 Å². The molecule has 0 saturated heterocycles. The fourth-order valence-corrected chi connectivity index (χ4v) is 3.74. The SMILES string of the molecule is COC(=O)C1=C(O)/C(=C\c2ccc(N(C)C)cc2)SC1=Nc1ccccc1C. The highest BCUT2D eigenvalue weighted by Gasteiger charge is 2.33. The second-order valence-corrected chi connectivity index (χ2v) is 7.55. The van der Waals surface area contributed by atoms with E-state index in [0.29, 0.717) is 9.95 Å². The average Bonchev–Trinajstić information content (AvgIpc) is 2.98. The minimum atomic E-state index is -0.608. The van der Waals surface area contributed by atoms with Crippen LogP contribution in [0.15, 0.2) is 69.8 Å². The highest BCUT2D eigenvalue weighted by molar-refractivity contribution is 8.18. The first-order chi connectivity index (χ1) is 13.4. The van der Waals surface area contributed by atoms with Gasteiger partial charge in [-0.1, -0.05) is 42.1 Å². The molecule has 0 unspecified atom stereocenters. The Morgan fingerprint density at radius 2 is 1.82 bits per heavy atom. The van der Waals surface area contributed by atoms with Crippen molar-refractivity contribution >= 4 is 40.2 Å². The zero-order valence-corrected chi connectivity index (χ0v) is 17.1. The Labute approximate surface area is 169 Å². The summed E-state index contributed by atoms with van der Waals surface area (Å²) in [5, 5.41) is 11.1. The molecule has 2 aromatic carbocycles. The van der Waals surface area contributed by atoms with E-state index in [4.69, 9.17) is 4.74 Å². The number of ether oxygens (including phenoxy) is 1. The zero-order valence-electron chi connectivity index (χ0n) is 16.3. The van der Waals surface area contributed by atoms with Gasteiger partial charge in [-0.15, -0.1) is 0 Å². The molecule has 144 valence electrons. The summed E-state index contributed by atoms with van der Waals surface area (Å²) in [7, 11) is 5.25. The van der Waals surface area contributed by atoms with Gasteiger partial charge in [-0.2, -0.15) is 0 Å². The van der Waals surface area contributed by atoms with Gasteiger partial charge in [-0.05, 0) is 42.3 Å². The van der Waals surface area contributed by atoms with Crippen molar-refractivity contribution in [2.45, 2.75) is 6.92 Å². The van der Waals surface area contributed by atoms with E-state index in [1.165, 1.54) is 18.9 Å². The Bertz CT molecular complexity index is 989. The lowest BCUT2D eigenvalue weighted by atomic mass is 10.1. The highest BCUT2D eigenvalue weighted by Crippen LogP contribution is 2.40. The Balaban J connectivity index is 2.01. The van der Waals surface area contributed by atoms with Crippen LogP contribution in [0.5, 0.6) is 0 Å². The molecule has 0 fully saturated rings. The van der Waals surface area contributed by atoms with Gasteiger partial charge in [0.15, 0.2) is 0 Å². The van der Waals surface area contributed by atoms with Gasteiger partial charge in [0, 0.05) is 19.8 Å². The molecule has 0 aliphatic carbocycles. The van der Waals surface area contributed by atoms with Gasteiger partial charge >= 0.3 is 5.97 Å². The van der Waals surface area contributed by atoms with Crippen molar-refractivity contribution in [2.75, 3.05) is 26.1 Å². The van der Waals surface area contributed by atoms with Crippen LogP contribution in [0.1, 0.15) is 11.1 Å². The number of carbonyl (C=O) groups is 1. The second-order valence-electron chi connectivity index (χ2n) is 6.52. The van der Waals surface area contributed by atoms with Crippen LogP contribution in [-0.4, -0.2) is 37.3 Å². The number of aryl methyl sites for hydroxylation is 1. The third kappa shape index (κ3) is 4.12. The summed E-state index contributed by atoms with van der Waals surface area (Å²) >= 11 is 1.26. The Morgan fingerprint density at radius 3 is 2.43 bits per heavy atom. The Hall–Kier alpha value is -2.99. The number of methoxy groups -OCH3 is 1. The number of rotatable bonds is 4. The summed E-state index contributed by atoms with van der Waals surface area (Å²) in [5.41, 5.74) is 3.82. The molecule has 1 aliphatic heterocycles. The summed E-state index contributed by atoms with van der Waals surface area (Å²) in [5.74, 6) is -0.718. The standard InChI is InChI=1S/C22H22N2O3S/c1-14-7-5-6-8-17(14)23-21-19(22(26)27-4)20(25)18(28-21)13-15-9-11-16(12-10-15)24(2)3/h5-13,25H,1-4H3/b18-13+,23-21?. The molecule has 0 saturated carbocycles. The van der Waals surface area contributed by atoms with Crippen LogP contribution in [0, 0.1) is 6.92 Å². The van der Waals surface area contributed by atoms with E-state index in [1.54, 1.807) is 0 Å². The van der Waals surface area contributed by atoms with E-state index < -0.39 is 5.97 Å². The molecule has 5 nitrogen and oxygen atoms in total. The van der Waals surface area contributed by atoms with Crippen molar-refractivity contribution in [3.8, 4) is 0 Å². The van der Waals surface area contributed by atoms with E-state index in [-0.39, 0.29) is 11.3 Å². The van der Waals surface area contributed by atoms with Gasteiger partial charge in [0.1, 0.15) is 16.4 Å². The smallest absolute Gasteiger partial charge is 0.344 e. The van der Waals surface area contributed by atoms with E-state index in [0.717, 1.165) is 22.5 Å². The van der Waals surface area contributed by atoms with Gasteiger partial charge in [0.25, 0.3) is 0 Å². The van der Waals surface area contributed by atoms with Crippen molar-refractivity contribution in [1.29, 1.82) is 0 Å². The minimum Gasteiger partial charge on any atom is -0.506 e. The van der Waals surface area contributed by atoms with Crippen molar-refractivity contribution in [3.05, 3.63) is 75.9 Å². The topological polar surface area (TPSA) is 62.1 Å². The number of carbonyl (C=O) groups excluding carboxylic acids is 1. The number of benzene rings is 2. The summed E-state index contributed by atoms with van der Waals surface area (Å²) in [6.07, 6.45) is 1.84. The fraction of sp³-hybridized carbons (Fsp3) is 0.182. The largest absolute Gasteiger partial charge is 0.506 e. The number of aliphatic imine (C=N–C) groups is 1. The molecule has 0 atom stereocenters. The third-order valence-corrected chi connectivity index (χ3v) is 5.34. The number of aliphatic hydroxyl groups is 1. The third-order valence-electron chi connectivity index (χ3n) is 4.32. The van der Waals surface area contributed by atoms with Gasteiger partial charge in [0.2, 0.25) is 0 Å². The molecular weight excluding hydrogens is 372 g/mol. The molecule has 0 bridgehead atoms. The van der Waals surface area contributed by atoms with Gasteiger partial charge in [0.05, 0.1) is 17.7 Å². The van der Waals surface area contributed by atoms with Crippen LogP contribution >= 0.6 is 11.8 Å². The van der Waals surface area contributed by atoms with E-state index in [9.17, 15) is 9.90 Å². The van der Waals surface area contributed by atoms with Crippen LogP contribution in [0.25, 0.3) is 6.08 Å². The summed E-state index contributed by atoms with van der Waals surface area (Å²) in [6.45, 7) is 1.95. The lowest BCUT2D eigenvalue weighted by molar-refractivity contribution is -0.135. The number of hydrogen-bond acceptors (Lipinski definition) is 6. The molecule has 3 rings (SSSR count). The minimum absolute atomic E-state index is 0.0897. The number of hydrogen-bond donors (Lipinski definition) is 1. The summed E-state index contributed by atoms with van der Waals surface area (Å²) < 4.78 is 4.86. The molecule has 0 spiro atoms. The van der Waals surface area contributed by atoms with Gasteiger partial charge in [-0.25, -0.2) is 9.79 Å². The number of para-hydroxylation sites is 1. The fourth-order valence-electron chi connectivity index (χ4n) is 2.71. The lowest BCUT2D eigenvalue weighted by Gasteiger charge is -2.11. The number of anilines is 1. The Morgan fingerprint density at radius 1 is 1.14 bits per heavy atom. The first-order valence-electron chi connectivity index (χ1n) is 8.74. The Kier molecular flexibility index (Phi) is 5.90. The van der Waals surface area contributed by atoms with Crippen LogP contribution in [-0.2, 0) is 9.53 Å². The number of esters is 1. The predicted molar refractivity (Wildman–Crippen MR) is 116 cm³/mol. The van der Waals surface area contributed by atoms with E-state index in [2.05, 4.69) is 4.99 Å². The molecule has 0 radical (unpaired) electrons. The van der Waals surface area contributed by atoms with Gasteiger partial charge in [-0.3, -0.25) is 0 Å². The van der Waals surface area contributed by atoms with Gasteiger partial charge < -0.3 is 14.7 Å². The number of thioether (sulfide) groups is 1. The molecule has 0 amide bonds. The molecule has 1 heterocycles. The summed E-state index contributed by atoms with van der Waals surface area (Å²) in [4.78, 5) is 19.4. The summed E-state index contributed by atoms with van der Waals surface area (Å²) in [6, 6.07) is 15.6. The van der Waals surface area contributed by atoms with Crippen molar-refractivity contribution < 1.29 is 14.6 Å².